The molecule has 0 bridgehead atoms. The third kappa shape index (κ3) is 1.07. The van der Waals surface area contributed by atoms with Crippen LogP contribution in [0.2, 0.25) is 0 Å². The molecule has 1 aliphatic rings. The van der Waals surface area contributed by atoms with Gasteiger partial charge in [0, 0.05) is 12.4 Å². The summed E-state index contributed by atoms with van der Waals surface area (Å²) in [6, 6.07) is 0. The van der Waals surface area contributed by atoms with Crippen LogP contribution in [-0.2, 0) is 0 Å². The molecule has 1 fully saturated rings. The van der Waals surface area contributed by atoms with Crippen molar-refractivity contribution in [2.45, 2.75) is 18.8 Å². The third-order valence-corrected chi connectivity index (χ3v) is 2.20. The van der Waals surface area contributed by atoms with Crippen LogP contribution in [0.15, 0.2) is 12.4 Å². The first-order chi connectivity index (χ1) is 5.29. The Bertz CT molecular complexity index is 363. The summed E-state index contributed by atoms with van der Waals surface area (Å²) in [4.78, 5) is 4.10. The van der Waals surface area contributed by atoms with Crippen LogP contribution in [0.3, 0.4) is 0 Å². The van der Waals surface area contributed by atoms with E-state index in [0.29, 0.717) is 0 Å². The summed E-state index contributed by atoms with van der Waals surface area (Å²) in [6.45, 7) is 7.84. The Kier molecular flexibility index (Phi) is 1.31. The molecule has 0 aliphatic heterocycles. The maximum Gasteiger partial charge on any atom is 0.0340 e. The minimum atomic E-state index is 0.733. The summed E-state index contributed by atoms with van der Waals surface area (Å²) in [7, 11) is 0. The Labute approximate surface area is 66.1 Å². The number of aromatic nitrogens is 1. The SMILES string of the molecule is C=c1cncc(C2CC2)c1=C. The van der Waals surface area contributed by atoms with Crippen molar-refractivity contribution in [1.29, 1.82) is 0 Å². The predicted molar refractivity (Wildman–Crippen MR) is 46.5 cm³/mol. The molecule has 2 rings (SSSR count). The zero-order valence-electron chi connectivity index (χ0n) is 6.51. The summed E-state index contributed by atoms with van der Waals surface area (Å²) in [6.07, 6.45) is 6.30. The second kappa shape index (κ2) is 2.19. The van der Waals surface area contributed by atoms with E-state index in [2.05, 4.69) is 18.1 Å². The zero-order chi connectivity index (χ0) is 7.84. The van der Waals surface area contributed by atoms with E-state index < -0.39 is 0 Å². The maximum absolute atomic E-state index is 4.10. The highest BCUT2D eigenvalue weighted by atomic mass is 14.6. The van der Waals surface area contributed by atoms with Gasteiger partial charge in [-0.2, -0.15) is 0 Å². The molecule has 0 amide bonds. The molecule has 0 aromatic carbocycles. The van der Waals surface area contributed by atoms with Crippen molar-refractivity contribution in [3.8, 4) is 0 Å². The molecule has 0 unspecified atom stereocenters. The Hall–Kier alpha value is -1.11. The number of hydrogen-bond donors (Lipinski definition) is 0. The number of pyridine rings is 1. The van der Waals surface area contributed by atoms with Crippen LogP contribution < -0.4 is 10.4 Å². The topological polar surface area (TPSA) is 12.9 Å². The van der Waals surface area contributed by atoms with Gasteiger partial charge in [-0.3, -0.25) is 4.98 Å². The van der Waals surface area contributed by atoms with Gasteiger partial charge in [-0.05, 0) is 34.8 Å². The molecule has 1 aromatic heterocycles. The van der Waals surface area contributed by atoms with Crippen LogP contribution in [-0.4, -0.2) is 4.98 Å². The van der Waals surface area contributed by atoms with E-state index >= 15 is 0 Å². The van der Waals surface area contributed by atoms with Crippen LogP contribution in [0.4, 0.5) is 0 Å². The summed E-state index contributed by atoms with van der Waals surface area (Å²) >= 11 is 0. The van der Waals surface area contributed by atoms with Crippen molar-refractivity contribution in [3.05, 3.63) is 28.4 Å². The van der Waals surface area contributed by atoms with E-state index in [0.717, 1.165) is 16.4 Å². The lowest BCUT2D eigenvalue weighted by Gasteiger charge is -1.96. The second-order valence-electron chi connectivity index (χ2n) is 3.14. The van der Waals surface area contributed by atoms with Crippen molar-refractivity contribution < 1.29 is 0 Å². The van der Waals surface area contributed by atoms with Crippen molar-refractivity contribution in [2.24, 2.45) is 0 Å². The van der Waals surface area contributed by atoms with E-state index in [1.807, 2.05) is 6.20 Å². The normalized spacial score (nSPS) is 16.7. The van der Waals surface area contributed by atoms with Gasteiger partial charge < -0.3 is 0 Å². The molecular weight excluding hydrogens is 134 g/mol. The lowest BCUT2D eigenvalue weighted by Crippen LogP contribution is -2.25. The predicted octanol–water partition coefficient (Wildman–Crippen LogP) is 0.780. The van der Waals surface area contributed by atoms with Crippen LogP contribution >= 0.6 is 0 Å². The van der Waals surface area contributed by atoms with Gasteiger partial charge in [-0.25, -0.2) is 0 Å². The van der Waals surface area contributed by atoms with Crippen LogP contribution in [0.1, 0.15) is 24.3 Å². The summed E-state index contributed by atoms with van der Waals surface area (Å²) in [5.74, 6) is 0.733. The first kappa shape index (κ1) is 6.59. The average Bonchev–Trinajstić information content (AvgIpc) is 2.77. The molecule has 0 radical (unpaired) electrons. The monoisotopic (exact) mass is 145 g/mol. The molecule has 56 valence electrons. The van der Waals surface area contributed by atoms with Crippen molar-refractivity contribution in [3.63, 3.8) is 0 Å². The van der Waals surface area contributed by atoms with E-state index in [9.17, 15) is 0 Å². The molecule has 1 heterocycles. The summed E-state index contributed by atoms with van der Waals surface area (Å²) in [5.41, 5.74) is 1.30. The Morgan fingerprint density at radius 2 is 2.00 bits per heavy atom. The first-order valence-electron chi connectivity index (χ1n) is 3.91. The number of nitrogens with zero attached hydrogens (tertiary/aromatic N) is 1. The molecule has 0 atom stereocenters. The van der Waals surface area contributed by atoms with Crippen LogP contribution in [0, 0.1) is 0 Å². The van der Waals surface area contributed by atoms with Gasteiger partial charge in [-0.15, -0.1) is 0 Å². The highest BCUT2D eigenvalue weighted by molar-refractivity contribution is 5.26. The van der Waals surface area contributed by atoms with Gasteiger partial charge in [0.25, 0.3) is 0 Å². The molecule has 1 saturated carbocycles. The standard InChI is InChI=1S/C10H11N/c1-7-5-11-6-10(8(7)2)9-3-4-9/h5-6,9H,1-4H2. The molecule has 1 nitrogen and oxygen atoms in total. The maximum atomic E-state index is 4.10. The van der Waals surface area contributed by atoms with E-state index in [1.54, 1.807) is 6.20 Å². The third-order valence-electron chi connectivity index (χ3n) is 2.20. The largest absolute Gasteiger partial charge is 0.264 e. The lowest BCUT2D eigenvalue weighted by atomic mass is 10.1. The summed E-state index contributed by atoms with van der Waals surface area (Å²) in [5, 5.41) is 2.05. The van der Waals surface area contributed by atoms with Gasteiger partial charge in [0.15, 0.2) is 0 Å². The second-order valence-corrected chi connectivity index (χ2v) is 3.14. The fourth-order valence-electron chi connectivity index (χ4n) is 1.29. The highest BCUT2D eigenvalue weighted by Crippen LogP contribution is 2.37. The van der Waals surface area contributed by atoms with E-state index in [1.165, 1.54) is 18.4 Å². The molecule has 11 heavy (non-hydrogen) atoms. The Morgan fingerprint density at radius 3 is 2.64 bits per heavy atom. The summed E-state index contributed by atoms with van der Waals surface area (Å²) < 4.78 is 0. The quantitative estimate of drug-likeness (QED) is 0.569. The molecule has 1 aromatic rings. The molecule has 1 aliphatic carbocycles. The van der Waals surface area contributed by atoms with Gasteiger partial charge in [0.1, 0.15) is 0 Å². The van der Waals surface area contributed by atoms with Crippen molar-refractivity contribution >= 4 is 13.2 Å². The van der Waals surface area contributed by atoms with Gasteiger partial charge in [0.05, 0.1) is 0 Å². The molecule has 0 N–H and O–H groups in total. The minimum Gasteiger partial charge on any atom is -0.264 e. The Morgan fingerprint density at radius 1 is 1.27 bits per heavy atom. The lowest BCUT2D eigenvalue weighted by molar-refractivity contribution is 1.06. The molecule has 0 spiro atoms. The van der Waals surface area contributed by atoms with Gasteiger partial charge in [0.2, 0.25) is 0 Å². The minimum absolute atomic E-state index is 0.733. The first-order valence-corrected chi connectivity index (χ1v) is 3.91. The number of rotatable bonds is 1. The van der Waals surface area contributed by atoms with Gasteiger partial charge in [-0.1, -0.05) is 13.2 Å². The van der Waals surface area contributed by atoms with Crippen LogP contribution in [0.5, 0.6) is 0 Å². The Balaban J connectivity index is 2.63. The fraction of sp³-hybridized carbons (Fsp3) is 0.300. The fourth-order valence-corrected chi connectivity index (χ4v) is 1.29. The van der Waals surface area contributed by atoms with Crippen molar-refractivity contribution in [1.82, 2.24) is 4.98 Å². The van der Waals surface area contributed by atoms with Crippen molar-refractivity contribution in [2.75, 3.05) is 0 Å². The van der Waals surface area contributed by atoms with E-state index in [-0.39, 0.29) is 0 Å². The highest BCUT2D eigenvalue weighted by Gasteiger charge is 2.24. The smallest absolute Gasteiger partial charge is 0.0340 e. The van der Waals surface area contributed by atoms with Gasteiger partial charge >= 0.3 is 0 Å². The molecule has 1 heteroatoms. The van der Waals surface area contributed by atoms with E-state index in [4.69, 9.17) is 0 Å². The van der Waals surface area contributed by atoms with Crippen LogP contribution in [0.25, 0.3) is 13.2 Å². The molecular formula is C10H11N. The molecule has 0 saturated heterocycles. The number of hydrogen-bond acceptors (Lipinski definition) is 1. The zero-order valence-corrected chi connectivity index (χ0v) is 6.51. The average molecular weight is 145 g/mol.